The second kappa shape index (κ2) is 12.2. The van der Waals surface area contributed by atoms with E-state index in [2.05, 4.69) is 46.3 Å². The molecule has 3 aromatic rings. The molecule has 1 saturated heterocycles. The zero-order valence-corrected chi connectivity index (χ0v) is 25.9. The van der Waals surface area contributed by atoms with Gasteiger partial charge in [-0.05, 0) is 62.1 Å². The third-order valence-electron chi connectivity index (χ3n) is 8.16. The van der Waals surface area contributed by atoms with Gasteiger partial charge in [-0.25, -0.2) is 8.78 Å². The summed E-state index contributed by atoms with van der Waals surface area (Å²) in [5, 5.41) is 3.96. The number of hydrogen-bond acceptors (Lipinski definition) is 3. The minimum Gasteiger partial charge on any atom is -0.381 e. The van der Waals surface area contributed by atoms with Crippen molar-refractivity contribution in [2.75, 3.05) is 38.2 Å². The maximum Gasteiger partial charge on any atom is 0.401 e. The molecule has 3 heterocycles. The number of aromatic nitrogens is 1. The molecule has 2 N–H and O–H groups in total. The van der Waals surface area contributed by atoms with Crippen molar-refractivity contribution in [3.8, 4) is 11.5 Å². The Hall–Kier alpha value is -2.94. The molecule has 1 fully saturated rings. The van der Waals surface area contributed by atoms with Crippen LogP contribution in [0, 0.1) is 23.1 Å². The van der Waals surface area contributed by atoms with Gasteiger partial charge in [0.1, 0.15) is 19.7 Å². The number of rotatable bonds is 7. The third-order valence-corrected chi connectivity index (χ3v) is 9.03. The third kappa shape index (κ3) is 7.24. The molecule has 0 bridgehead atoms. The molecule has 43 heavy (non-hydrogen) atoms. The van der Waals surface area contributed by atoms with Crippen LogP contribution in [0.4, 0.5) is 32.0 Å². The summed E-state index contributed by atoms with van der Waals surface area (Å²) >= 11 is 0. The van der Waals surface area contributed by atoms with Gasteiger partial charge in [-0.15, -0.1) is 5.54 Å². The van der Waals surface area contributed by atoms with Crippen LogP contribution in [-0.2, 0) is 6.42 Å². The number of H-pyrrole nitrogens is 1. The van der Waals surface area contributed by atoms with E-state index in [-0.39, 0.29) is 18.2 Å². The number of hydrogen-bond donors (Lipinski definition) is 2. The molecule has 4 nitrogen and oxygen atoms in total. The van der Waals surface area contributed by atoms with Crippen molar-refractivity contribution in [1.29, 1.82) is 0 Å². The molecule has 2 aliphatic heterocycles. The number of alkyl halides is 4. The van der Waals surface area contributed by atoms with Crippen molar-refractivity contribution in [3.63, 3.8) is 0 Å². The van der Waals surface area contributed by atoms with Crippen LogP contribution in [0.15, 0.2) is 30.3 Å². The summed E-state index contributed by atoms with van der Waals surface area (Å²) in [6.07, 6.45) is -3.11. The molecule has 0 aliphatic carbocycles. The van der Waals surface area contributed by atoms with Crippen LogP contribution in [0.1, 0.15) is 48.2 Å². The lowest BCUT2D eigenvalue weighted by molar-refractivity contribution is -0.155. The van der Waals surface area contributed by atoms with Gasteiger partial charge in [0.15, 0.2) is 0 Å². The van der Waals surface area contributed by atoms with Gasteiger partial charge in [0.05, 0.1) is 19.3 Å². The smallest absolute Gasteiger partial charge is 0.381 e. The molecule has 0 saturated carbocycles. The first-order chi connectivity index (χ1) is 20.2. The SMILES string of the molecule is C[C@@H]1Cc2c([nH]c3ccc(C#C[Si](C)(C)C)cc23)[C@@H](c2c(F)cc(NC3CCN(CCCF)C3)cc2F)N1CC(F)(F)F. The molecule has 2 aromatic carbocycles. The van der Waals surface area contributed by atoms with Crippen LogP contribution >= 0.6 is 0 Å². The Labute approximate surface area is 249 Å². The average Bonchev–Trinajstić information content (AvgIpc) is 3.50. The molecule has 2 aliphatic rings. The van der Waals surface area contributed by atoms with Crippen molar-refractivity contribution in [1.82, 2.24) is 14.8 Å². The van der Waals surface area contributed by atoms with E-state index in [1.807, 2.05) is 18.2 Å². The highest BCUT2D eigenvalue weighted by Crippen LogP contribution is 2.44. The molecule has 0 radical (unpaired) electrons. The summed E-state index contributed by atoms with van der Waals surface area (Å²) in [4.78, 5) is 6.45. The minimum atomic E-state index is -4.57. The maximum absolute atomic E-state index is 15.9. The number of nitrogens with one attached hydrogen (secondary N) is 2. The topological polar surface area (TPSA) is 34.3 Å². The molecular weight excluding hydrogens is 582 g/mol. The number of halogens is 6. The Morgan fingerprint density at radius 3 is 2.47 bits per heavy atom. The van der Waals surface area contributed by atoms with Gasteiger partial charge in [0, 0.05) is 65.1 Å². The zero-order valence-electron chi connectivity index (χ0n) is 24.9. The minimum absolute atomic E-state index is 0.0701. The van der Waals surface area contributed by atoms with Crippen LogP contribution in [0.25, 0.3) is 10.9 Å². The number of aromatic amines is 1. The highest BCUT2D eigenvalue weighted by molar-refractivity contribution is 6.83. The van der Waals surface area contributed by atoms with Crippen molar-refractivity contribution in [3.05, 3.63) is 64.4 Å². The first-order valence-corrected chi connectivity index (χ1v) is 18.3. The largest absolute Gasteiger partial charge is 0.401 e. The van der Waals surface area contributed by atoms with Crippen LogP contribution in [-0.4, -0.2) is 74.0 Å². The van der Waals surface area contributed by atoms with Crippen LogP contribution in [0.5, 0.6) is 0 Å². The van der Waals surface area contributed by atoms with Gasteiger partial charge >= 0.3 is 6.18 Å². The summed E-state index contributed by atoms with van der Waals surface area (Å²) < 4.78 is 85.9. The molecule has 5 rings (SSSR count). The summed E-state index contributed by atoms with van der Waals surface area (Å²) in [7, 11) is -1.64. The van der Waals surface area contributed by atoms with Gasteiger partial charge in [-0.3, -0.25) is 9.29 Å². The van der Waals surface area contributed by atoms with Crippen molar-refractivity contribution >= 4 is 24.7 Å². The quantitative estimate of drug-likeness (QED) is 0.164. The van der Waals surface area contributed by atoms with E-state index in [1.54, 1.807) is 6.92 Å². The first kappa shape index (κ1) is 31.5. The monoisotopic (exact) mass is 620 g/mol. The van der Waals surface area contributed by atoms with E-state index in [0.717, 1.165) is 34.4 Å². The molecule has 11 heteroatoms. The van der Waals surface area contributed by atoms with Crippen molar-refractivity contribution < 1.29 is 26.3 Å². The molecule has 3 atom stereocenters. The predicted molar refractivity (Wildman–Crippen MR) is 162 cm³/mol. The lowest BCUT2D eigenvalue weighted by Crippen LogP contribution is -2.47. The maximum atomic E-state index is 15.9. The van der Waals surface area contributed by atoms with Crippen LogP contribution < -0.4 is 5.32 Å². The number of likely N-dealkylation sites (tertiary alicyclic amines) is 1. The number of benzene rings is 2. The molecule has 1 unspecified atom stereocenters. The second-order valence-corrected chi connectivity index (χ2v) is 17.6. The summed E-state index contributed by atoms with van der Waals surface area (Å²) in [5.74, 6) is 1.41. The predicted octanol–water partition coefficient (Wildman–Crippen LogP) is 7.42. The zero-order chi connectivity index (χ0) is 31.1. The Kier molecular flexibility index (Phi) is 8.94. The van der Waals surface area contributed by atoms with E-state index in [1.165, 1.54) is 12.1 Å². The van der Waals surface area contributed by atoms with Gasteiger partial charge in [0.2, 0.25) is 0 Å². The van der Waals surface area contributed by atoms with E-state index in [0.29, 0.717) is 30.7 Å². The standard InChI is InChI=1S/C32H38F6N4Si/c1-20-14-25-24-15-21(9-13-43(2,3)4)6-7-28(24)40-30(25)31(42(20)19-32(36,37)38)29-26(34)16-23(17-27(29)35)39-22-8-12-41(18-22)11-5-10-33/h6-7,15-17,20,22,31,39-40H,5,8,10-12,14,18-19H2,1-4H3/t20-,22?,31-/m1/s1. The van der Waals surface area contributed by atoms with Crippen molar-refractivity contribution in [2.24, 2.45) is 0 Å². The molecular formula is C32H38F6N4Si. The summed E-state index contributed by atoms with van der Waals surface area (Å²) in [5.41, 5.74) is 5.74. The number of anilines is 1. The Balaban J connectivity index is 1.54. The van der Waals surface area contributed by atoms with Crippen molar-refractivity contribution in [2.45, 2.75) is 70.1 Å². The van der Waals surface area contributed by atoms with Crippen LogP contribution in [0.2, 0.25) is 19.6 Å². The highest BCUT2D eigenvalue weighted by Gasteiger charge is 2.44. The summed E-state index contributed by atoms with van der Waals surface area (Å²) in [6.45, 7) is 8.36. The fourth-order valence-corrected chi connectivity index (χ4v) is 6.78. The van der Waals surface area contributed by atoms with Gasteiger partial charge in [-0.1, -0.05) is 25.6 Å². The second-order valence-electron chi connectivity index (χ2n) is 12.8. The molecule has 0 spiro atoms. The van der Waals surface area contributed by atoms with E-state index >= 15 is 8.78 Å². The Morgan fingerprint density at radius 2 is 1.81 bits per heavy atom. The Morgan fingerprint density at radius 1 is 1.09 bits per heavy atom. The fraction of sp³-hybridized carbons (Fsp3) is 0.500. The van der Waals surface area contributed by atoms with E-state index in [9.17, 15) is 17.6 Å². The van der Waals surface area contributed by atoms with Gasteiger partial charge in [-0.2, -0.15) is 13.2 Å². The highest BCUT2D eigenvalue weighted by atomic mass is 28.3. The van der Waals surface area contributed by atoms with E-state index < -0.39 is 56.8 Å². The van der Waals surface area contributed by atoms with Gasteiger partial charge in [0.25, 0.3) is 0 Å². The lowest BCUT2D eigenvalue weighted by atomic mass is 9.87. The molecule has 1 aromatic heterocycles. The number of fused-ring (bicyclic) bond motifs is 3. The van der Waals surface area contributed by atoms with Gasteiger partial charge < -0.3 is 15.2 Å². The molecule has 232 valence electrons. The van der Waals surface area contributed by atoms with Crippen LogP contribution in [0.3, 0.4) is 0 Å². The lowest BCUT2D eigenvalue weighted by Gasteiger charge is -2.41. The number of nitrogens with zero attached hydrogens (tertiary/aromatic N) is 2. The van der Waals surface area contributed by atoms with E-state index in [4.69, 9.17) is 0 Å². The first-order valence-electron chi connectivity index (χ1n) is 14.8. The Bertz CT molecular complexity index is 1510. The summed E-state index contributed by atoms with van der Waals surface area (Å²) in [6, 6.07) is 5.92. The normalized spacial score (nSPS) is 21.6. The average molecular weight is 621 g/mol. The fourth-order valence-electron chi connectivity index (χ4n) is 6.26. The molecule has 0 amide bonds.